The molecule has 0 saturated heterocycles. The molecule has 2 aromatic rings. The van der Waals surface area contributed by atoms with Crippen LogP contribution >= 0.6 is 11.6 Å². The van der Waals surface area contributed by atoms with Gasteiger partial charge < -0.3 is 10.5 Å². The van der Waals surface area contributed by atoms with E-state index >= 15 is 0 Å². The molecule has 19 heavy (non-hydrogen) atoms. The van der Waals surface area contributed by atoms with Crippen LogP contribution in [0.5, 0.6) is 0 Å². The van der Waals surface area contributed by atoms with E-state index in [9.17, 15) is 9.18 Å². The Morgan fingerprint density at radius 2 is 2.00 bits per heavy atom. The Labute approximate surface area is 114 Å². The molecule has 0 unspecified atom stereocenters. The first-order chi connectivity index (χ1) is 9.06. The zero-order chi connectivity index (χ0) is 13.8. The first kappa shape index (κ1) is 13.4. The summed E-state index contributed by atoms with van der Waals surface area (Å²) in [5.41, 5.74) is 6.49. The Balaban J connectivity index is 2.08. The van der Waals surface area contributed by atoms with E-state index in [1.54, 1.807) is 18.2 Å². The fourth-order valence-electron chi connectivity index (χ4n) is 1.57. The molecule has 3 nitrogen and oxygen atoms in total. The normalized spacial score (nSPS) is 10.2. The highest BCUT2D eigenvalue weighted by atomic mass is 35.5. The average Bonchev–Trinajstić information content (AvgIpc) is 2.36. The van der Waals surface area contributed by atoms with E-state index in [4.69, 9.17) is 22.1 Å². The van der Waals surface area contributed by atoms with Crippen LogP contribution in [0.3, 0.4) is 0 Å². The number of hydrogen-bond acceptors (Lipinski definition) is 3. The number of carbonyl (C=O) groups is 1. The minimum Gasteiger partial charge on any atom is -0.457 e. The Bertz CT molecular complexity index is 596. The second-order valence-corrected chi connectivity index (χ2v) is 4.38. The molecule has 0 radical (unpaired) electrons. The third kappa shape index (κ3) is 3.45. The van der Waals surface area contributed by atoms with Gasteiger partial charge in [0.1, 0.15) is 12.4 Å². The first-order valence-corrected chi connectivity index (χ1v) is 5.90. The molecular formula is C14H11ClFNO2. The molecule has 0 amide bonds. The highest BCUT2D eigenvalue weighted by molar-refractivity contribution is 6.31. The maximum atomic E-state index is 13.3. The van der Waals surface area contributed by atoms with Gasteiger partial charge in [0.05, 0.1) is 5.56 Å². The topological polar surface area (TPSA) is 52.3 Å². The van der Waals surface area contributed by atoms with Crippen molar-refractivity contribution in [1.82, 2.24) is 0 Å². The van der Waals surface area contributed by atoms with Crippen LogP contribution in [-0.4, -0.2) is 5.97 Å². The van der Waals surface area contributed by atoms with Crippen LogP contribution in [0.15, 0.2) is 42.5 Å². The number of ether oxygens (including phenoxy) is 1. The van der Waals surface area contributed by atoms with Crippen LogP contribution in [0.1, 0.15) is 15.9 Å². The fraction of sp³-hybridized carbons (Fsp3) is 0.0714. The summed E-state index contributed by atoms with van der Waals surface area (Å²) in [6.45, 7) is -0.141. The van der Waals surface area contributed by atoms with E-state index in [0.717, 1.165) is 0 Å². The van der Waals surface area contributed by atoms with Crippen molar-refractivity contribution in [2.75, 3.05) is 5.73 Å². The van der Waals surface area contributed by atoms with Crippen molar-refractivity contribution in [3.8, 4) is 0 Å². The van der Waals surface area contributed by atoms with Gasteiger partial charge in [-0.25, -0.2) is 9.18 Å². The van der Waals surface area contributed by atoms with Crippen LogP contribution in [0.2, 0.25) is 5.02 Å². The van der Waals surface area contributed by atoms with E-state index < -0.39 is 11.8 Å². The summed E-state index contributed by atoms with van der Waals surface area (Å²) in [4.78, 5) is 11.8. The molecule has 0 heterocycles. The van der Waals surface area contributed by atoms with Gasteiger partial charge in [-0.05, 0) is 24.3 Å². The highest BCUT2D eigenvalue weighted by Crippen LogP contribution is 2.18. The monoisotopic (exact) mass is 279 g/mol. The molecule has 0 aliphatic rings. The molecule has 2 rings (SSSR count). The predicted molar refractivity (Wildman–Crippen MR) is 71.4 cm³/mol. The summed E-state index contributed by atoms with van der Waals surface area (Å²) in [7, 11) is 0. The summed E-state index contributed by atoms with van der Waals surface area (Å²) in [5.74, 6) is -1.02. The maximum Gasteiger partial charge on any atom is 0.338 e. The molecular weight excluding hydrogens is 269 g/mol. The van der Waals surface area contributed by atoms with Crippen LogP contribution in [0.25, 0.3) is 0 Å². The molecule has 5 heteroatoms. The van der Waals surface area contributed by atoms with Gasteiger partial charge in [0, 0.05) is 16.3 Å². The summed E-state index contributed by atoms with van der Waals surface area (Å²) in [6.07, 6.45) is 0. The molecule has 0 spiro atoms. The number of benzene rings is 2. The highest BCUT2D eigenvalue weighted by Gasteiger charge is 2.10. The van der Waals surface area contributed by atoms with Gasteiger partial charge in [0.15, 0.2) is 0 Å². The van der Waals surface area contributed by atoms with Crippen LogP contribution in [-0.2, 0) is 11.3 Å². The average molecular weight is 280 g/mol. The number of carbonyl (C=O) groups excluding carboxylic acids is 1. The van der Waals surface area contributed by atoms with E-state index in [1.165, 1.54) is 24.3 Å². The standard InChI is InChI=1S/C14H11ClFNO2/c15-11-5-10(6-12(17)7-11)14(18)19-8-9-3-1-2-4-13(9)16/h1-7H,8,17H2. The number of esters is 1. The largest absolute Gasteiger partial charge is 0.457 e. The lowest BCUT2D eigenvalue weighted by Crippen LogP contribution is -2.06. The van der Waals surface area contributed by atoms with Crippen molar-refractivity contribution < 1.29 is 13.9 Å². The minimum absolute atomic E-state index is 0.141. The van der Waals surface area contributed by atoms with Crippen molar-refractivity contribution in [3.05, 3.63) is 64.4 Å². The van der Waals surface area contributed by atoms with E-state index in [1.807, 2.05) is 0 Å². The van der Waals surface area contributed by atoms with Gasteiger partial charge in [0.2, 0.25) is 0 Å². The quantitative estimate of drug-likeness (QED) is 0.692. The van der Waals surface area contributed by atoms with Gasteiger partial charge in [-0.2, -0.15) is 0 Å². The number of hydrogen-bond donors (Lipinski definition) is 1. The summed E-state index contributed by atoms with van der Waals surface area (Å²) < 4.78 is 18.4. The zero-order valence-corrected chi connectivity index (χ0v) is 10.7. The van der Waals surface area contributed by atoms with E-state index in [-0.39, 0.29) is 12.2 Å². The minimum atomic E-state index is -0.600. The fourth-order valence-corrected chi connectivity index (χ4v) is 1.82. The van der Waals surface area contributed by atoms with Gasteiger partial charge in [-0.3, -0.25) is 0 Å². The lowest BCUT2D eigenvalue weighted by atomic mass is 10.2. The SMILES string of the molecule is Nc1cc(Cl)cc(C(=O)OCc2ccccc2F)c1. The van der Waals surface area contributed by atoms with Gasteiger partial charge >= 0.3 is 5.97 Å². The third-order valence-corrected chi connectivity index (χ3v) is 2.69. The molecule has 2 N–H and O–H groups in total. The van der Waals surface area contributed by atoms with Gasteiger partial charge in [-0.1, -0.05) is 29.8 Å². The number of anilines is 1. The molecule has 0 aliphatic heterocycles. The van der Waals surface area contributed by atoms with E-state index in [2.05, 4.69) is 0 Å². The summed E-state index contributed by atoms with van der Waals surface area (Å²) >= 11 is 5.79. The Kier molecular flexibility index (Phi) is 4.02. The van der Waals surface area contributed by atoms with Crippen molar-refractivity contribution >= 4 is 23.3 Å². The van der Waals surface area contributed by atoms with Crippen molar-refractivity contribution in [1.29, 1.82) is 0 Å². The van der Waals surface area contributed by atoms with Crippen molar-refractivity contribution in [2.45, 2.75) is 6.61 Å². The van der Waals surface area contributed by atoms with Crippen molar-refractivity contribution in [2.24, 2.45) is 0 Å². The molecule has 0 bridgehead atoms. The Morgan fingerprint density at radius 1 is 1.26 bits per heavy atom. The lowest BCUT2D eigenvalue weighted by molar-refractivity contribution is 0.0469. The first-order valence-electron chi connectivity index (χ1n) is 5.53. The molecule has 98 valence electrons. The van der Waals surface area contributed by atoms with Crippen LogP contribution < -0.4 is 5.73 Å². The summed E-state index contributed by atoms with van der Waals surface area (Å²) in [6, 6.07) is 10.5. The lowest BCUT2D eigenvalue weighted by Gasteiger charge is -2.07. The molecule has 0 atom stereocenters. The molecule has 0 aromatic heterocycles. The number of halogens is 2. The zero-order valence-electron chi connectivity index (χ0n) is 9.90. The second-order valence-electron chi connectivity index (χ2n) is 3.94. The molecule has 2 aromatic carbocycles. The molecule has 0 saturated carbocycles. The van der Waals surface area contributed by atoms with Gasteiger partial charge in [0.25, 0.3) is 0 Å². The smallest absolute Gasteiger partial charge is 0.338 e. The Hall–Kier alpha value is -2.07. The van der Waals surface area contributed by atoms with Crippen LogP contribution in [0, 0.1) is 5.82 Å². The number of nitrogens with two attached hydrogens (primary N) is 1. The third-order valence-electron chi connectivity index (χ3n) is 2.47. The van der Waals surface area contributed by atoms with Crippen LogP contribution in [0.4, 0.5) is 10.1 Å². The number of nitrogen functional groups attached to an aromatic ring is 1. The Morgan fingerprint density at radius 3 is 2.68 bits per heavy atom. The summed E-state index contributed by atoms with van der Waals surface area (Å²) in [5, 5.41) is 0.345. The predicted octanol–water partition coefficient (Wildman–Crippen LogP) is 3.42. The molecule has 0 fully saturated rings. The van der Waals surface area contributed by atoms with E-state index in [0.29, 0.717) is 16.3 Å². The molecule has 0 aliphatic carbocycles. The second kappa shape index (κ2) is 5.71. The van der Waals surface area contributed by atoms with Crippen molar-refractivity contribution in [3.63, 3.8) is 0 Å². The number of rotatable bonds is 3. The maximum absolute atomic E-state index is 13.3. The van der Waals surface area contributed by atoms with Gasteiger partial charge in [-0.15, -0.1) is 0 Å².